The van der Waals surface area contributed by atoms with Gasteiger partial charge in [-0.15, -0.1) is 0 Å². The number of hydrogen-bond donors (Lipinski definition) is 1. The number of sulfonamides is 1. The summed E-state index contributed by atoms with van der Waals surface area (Å²) in [4.78, 5) is 12.6. The zero-order chi connectivity index (χ0) is 21.6. The van der Waals surface area contributed by atoms with E-state index in [4.69, 9.17) is 21.1 Å². The Balaban J connectivity index is 1.63. The normalized spacial score (nSPS) is 14.9. The van der Waals surface area contributed by atoms with E-state index in [9.17, 15) is 13.2 Å². The largest absolute Gasteiger partial charge is 0.493 e. The van der Waals surface area contributed by atoms with Gasteiger partial charge in [0.25, 0.3) is 5.91 Å². The number of nitrogens with one attached hydrogen (secondary N) is 1. The van der Waals surface area contributed by atoms with Gasteiger partial charge in [0, 0.05) is 13.1 Å². The van der Waals surface area contributed by atoms with Crippen LogP contribution in [0.5, 0.6) is 11.5 Å². The first-order valence-corrected chi connectivity index (χ1v) is 11.6. The van der Waals surface area contributed by atoms with Crippen LogP contribution in [0, 0.1) is 0 Å². The molecule has 1 saturated heterocycles. The predicted octanol–water partition coefficient (Wildman–Crippen LogP) is 3.33. The number of carbonyl (C=O) groups is 1. The molecule has 1 N–H and O–H groups in total. The van der Waals surface area contributed by atoms with Crippen molar-refractivity contribution >= 4 is 27.5 Å². The first kappa shape index (κ1) is 22.4. The molecule has 2 aromatic rings. The van der Waals surface area contributed by atoms with Crippen molar-refractivity contribution in [3.63, 3.8) is 0 Å². The summed E-state index contributed by atoms with van der Waals surface area (Å²) in [6.07, 6.45) is 2.70. The fourth-order valence-electron chi connectivity index (χ4n) is 3.25. The van der Waals surface area contributed by atoms with Crippen LogP contribution in [-0.2, 0) is 10.0 Å². The number of para-hydroxylation sites is 2. The Kier molecular flexibility index (Phi) is 7.58. The maximum absolute atomic E-state index is 12.9. The number of halogens is 1. The third-order valence-corrected chi connectivity index (χ3v) is 7.07. The predicted molar refractivity (Wildman–Crippen MR) is 115 cm³/mol. The van der Waals surface area contributed by atoms with Crippen molar-refractivity contribution in [3.05, 3.63) is 53.1 Å². The number of amides is 1. The van der Waals surface area contributed by atoms with Gasteiger partial charge in [-0.05, 0) is 43.2 Å². The van der Waals surface area contributed by atoms with Crippen molar-refractivity contribution in [1.29, 1.82) is 0 Å². The van der Waals surface area contributed by atoms with Crippen LogP contribution >= 0.6 is 11.6 Å². The van der Waals surface area contributed by atoms with Crippen molar-refractivity contribution in [3.8, 4) is 11.5 Å². The van der Waals surface area contributed by atoms with Gasteiger partial charge < -0.3 is 14.8 Å². The van der Waals surface area contributed by atoms with Crippen LogP contribution in [0.4, 0.5) is 0 Å². The molecular weight excluding hydrogens is 428 g/mol. The number of rotatable bonds is 8. The molecule has 30 heavy (non-hydrogen) atoms. The van der Waals surface area contributed by atoms with Crippen molar-refractivity contribution in [2.75, 3.05) is 33.4 Å². The molecule has 1 aliphatic rings. The second-order valence-corrected chi connectivity index (χ2v) is 9.21. The second-order valence-electron chi connectivity index (χ2n) is 6.86. The average molecular weight is 453 g/mol. The molecule has 0 radical (unpaired) electrons. The van der Waals surface area contributed by atoms with Gasteiger partial charge in [-0.1, -0.05) is 30.2 Å². The van der Waals surface area contributed by atoms with Crippen molar-refractivity contribution in [2.45, 2.75) is 24.2 Å². The van der Waals surface area contributed by atoms with E-state index >= 15 is 0 Å². The SMILES string of the molecule is COc1ccccc1OCCNC(=O)c1cc(S(=O)(=O)N2CCCCC2)ccc1Cl. The lowest BCUT2D eigenvalue weighted by Crippen LogP contribution is -2.35. The minimum Gasteiger partial charge on any atom is -0.493 e. The number of carbonyl (C=O) groups excluding carboxylic acids is 1. The maximum atomic E-state index is 12.9. The van der Waals surface area contributed by atoms with E-state index in [0.29, 0.717) is 24.6 Å². The summed E-state index contributed by atoms with van der Waals surface area (Å²) < 4.78 is 38.0. The number of methoxy groups -OCH3 is 1. The number of ether oxygens (including phenoxy) is 2. The highest BCUT2D eigenvalue weighted by atomic mass is 35.5. The van der Waals surface area contributed by atoms with E-state index in [0.717, 1.165) is 19.3 Å². The van der Waals surface area contributed by atoms with Crippen LogP contribution < -0.4 is 14.8 Å². The molecule has 0 unspecified atom stereocenters. The van der Waals surface area contributed by atoms with Gasteiger partial charge in [0.2, 0.25) is 10.0 Å². The smallest absolute Gasteiger partial charge is 0.252 e. The van der Waals surface area contributed by atoms with Crippen LogP contribution in [0.3, 0.4) is 0 Å². The van der Waals surface area contributed by atoms with Crippen LogP contribution in [-0.4, -0.2) is 52.0 Å². The summed E-state index contributed by atoms with van der Waals surface area (Å²) >= 11 is 6.16. The molecule has 9 heteroatoms. The zero-order valence-corrected chi connectivity index (χ0v) is 18.3. The highest BCUT2D eigenvalue weighted by Crippen LogP contribution is 2.26. The summed E-state index contributed by atoms with van der Waals surface area (Å²) in [6.45, 7) is 1.42. The summed E-state index contributed by atoms with van der Waals surface area (Å²) in [5.41, 5.74) is 0.118. The molecule has 0 saturated carbocycles. The number of nitrogens with zero attached hydrogens (tertiary/aromatic N) is 1. The summed E-state index contributed by atoms with van der Waals surface area (Å²) in [5, 5.41) is 2.90. The highest BCUT2D eigenvalue weighted by Gasteiger charge is 2.27. The Bertz CT molecular complexity index is 991. The first-order valence-electron chi connectivity index (χ1n) is 9.77. The molecule has 0 spiro atoms. The highest BCUT2D eigenvalue weighted by molar-refractivity contribution is 7.89. The van der Waals surface area contributed by atoms with E-state index < -0.39 is 15.9 Å². The molecule has 0 aromatic heterocycles. The fraction of sp³-hybridized carbons (Fsp3) is 0.381. The van der Waals surface area contributed by atoms with Gasteiger partial charge in [-0.3, -0.25) is 4.79 Å². The number of piperidine rings is 1. The molecule has 0 bridgehead atoms. The quantitative estimate of drug-likeness (QED) is 0.621. The molecule has 0 aliphatic carbocycles. The lowest BCUT2D eigenvalue weighted by Gasteiger charge is -2.26. The van der Waals surface area contributed by atoms with E-state index in [1.807, 2.05) is 12.1 Å². The fourth-order valence-corrected chi connectivity index (χ4v) is 5.00. The van der Waals surface area contributed by atoms with Crippen molar-refractivity contribution in [1.82, 2.24) is 9.62 Å². The molecular formula is C21H25ClN2O5S. The van der Waals surface area contributed by atoms with E-state index in [-0.39, 0.29) is 28.6 Å². The van der Waals surface area contributed by atoms with Gasteiger partial charge in [-0.25, -0.2) is 8.42 Å². The van der Waals surface area contributed by atoms with E-state index in [1.165, 1.54) is 22.5 Å². The van der Waals surface area contributed by atoms with Crippen LogP contribution in [0.1, 0.15) is 29.6 Å². The number of benzene rings is 2. The minimum atomic E-state index is -3.65. The van der Waals surface area contributed by atoms with Gasteiger partial charge in [0.05, 0.1) is 29.1 Å². The van der Waals surface area contributed by atoms with Crippen LogP contribution in [0.25, 0.3) is 0 Å². The second kappa shape index (κ2) is 10.1. The van der Waals surface area contributed by atoms with E-state index in [1.54, 1.807) is 19.2 Å². The van der Waals surface area contributed by atoms with Gasteiger partial charge in [0.15, 0.2) is 11.5 Å². The minimum absolute atomic E-state index is 0.0734. The molecule has 162 valence electrons. The van der Waals surface area contributed by atoms with Gasteiger partial charge in [0.1, 0.15) is 6.61 Å². The van der Waals surface area contributed by atoms with Crippen LogP contribution in [0.2, 0.25) is 5.02 Å². The molecule has 0 atom stereocenters. The third-order valence-electron chi connectivity index (χ3n) is 4.85. The lowest BCUT2D eigenvalue weighted by molar-refractivity contribution is 0.0946. The third kappa shape index (κ3) is 5.24. The molecule has 7 nitrogen and oxygen atoms in total. The van der Waals surface area contributed by atoms with Crippen molar-refractivity contribution in [2.24, 2.45) is 0 Å². The molecule has 1 aliphatic heterocycles. The van der Waals surface area contributed by atoms with Crippen LogP contribution in [0.15, 0.2) is 47.4 Å². The van der Waals surface area contributed by atoms with Gasteiger partial charge >= 0.3 is 0 Å². The van der Waals surface area contributed by atoms with E-state index in [2.05, 4.69) is 5.32 Å². The molecule has 1 fully saturated rings. The first-order chi connectivity index (χ1) is 14.4. The lowest BCUT2D eigenvalue weighted by atomic mass is 10.2. The topological polar surface area (TPSA) is 84.9 Å². The molecule has 1 heterocycles. The summed E-state index contributed by atoms with van der Waals surface area (Å²) in [5.74, 6) is 0.712. The molecule has 1 amide bonds. The standard InChI is InChI=1S/C21H25ClN2O5S/c1-28-19-7-3-4-8-20(19)29-14-11-23-21(25)17-15-16(9-10-18(17)22)30(26,27)24-12-5-2-6-13-24/h3-4,7-10,15H,2,5-6,11-14H2,1H3,(H,23,25). The summed E-state index contributed by atoms with van der Waals surface area (Å²) in [6, 6.07) is 11.4. The molecule has 2 aromatic carbocycles. The Morgan fingerprint density at radius 2 is 1.80 bits per heavy atom. The Hall–Kier alpha value is -2.29. The zero-order valence-electron chi connectivity index (χ0n) is 16.8. The Morgan fingerprint density at radius 3 is 2.50 bits per heavy atom. The maximum Gasteiger partial charge on any atom is 0.252 e. The Morgan fingerprint density at radius 1 is 1.10 bits per heavy atom. The summed E-state index contributed by atoms with van der Waals surface area (Å²) in [7, 11) is -2.10. The monoisotopic (exact) mass is 452 g/mol. The average Bonchev–Trinajstić information content (AvgIpc) is 2.77. The van der Waals surface area contributed by atoms with Crippen molar-refractivity contribution < 1.29 is 22.7 Å². The molecule has 3 rings (SSSR count). The number of hydrogen-bond acceptors (Lipinski definition) is 5. The Labute approximate surface area is 182 Å². The van der Waals surface area contributed by atoms with Gasteiger partial charge in [-0.2, -0.15) is 4.31 Å².